The molecule has 0 N–H and O–H groups in total. The van der Waals surface area contributed by atoms with Crippen LogP contribution < -0.4 is 0 Å². The fraction of sp³-hybridized carbons (Fsp3) is 0.0667. The molecular formula is C30H24Br2S. The van der Waals surface area contributed by atoms with E-state index in [1.165, 1.54) is 32.0 Å². The first-order chi connectivity index (χ1) is 16.1. The number of benzene rings is 4. The fourth-order valence-corrected chi connectivity index (χ4v) is 4.68. The van der Waals surface area contributed by atoms with E-state index >= 15 is 0 Å². The Balaban J connectivity index is 1.27. The van der Waals surface area contributed by atoms with Crippen LogP contribution in [0.25, 0.3) is 12.2 Å². The molecule has 4 aromatic rings. The Hall–Kier alpha value is -2.33. The average Bonchev–Trinajstić information content (AvgIpc) is 2.84. The number of rotatable bonds is 8. The molecular weight excluding hydrogens is 552 g/mol. The summed E-state index contributed by atoms with van der Waals surface area (Å²) in [6, 6.07) is 34.4. The van der Waals surface area contributed by atoms with Gasteiger partial charge in [0.1, 0.15) is 0 Å². The second kappa shape index (κ2) is 12.2. The highest BCUT2D eigenvalue weighted by Gasteiger charge is 1.99. The van der Waals surface area contributed by atoms with E-state index in [2.05, 4.69) is 153 Å². The van der Waals surface area contributed by atoms with Crippen molar-refractivity contribution in [3.8, 4) is 0 Å². The number of hydrogen-bond donors (Lipinski definition) is 0. The maximum Gasteiger partial charge on any atom is 0.0175 e. The molecule has 0 nitrogen and oxygen atoms in total. The Morgan fingerprint density at radius 3 is 1.21 bits per heavy atom. The van der Waals surface area contributed by atoms with Gasteiger partial charge in [-0.05, 0) is 83.6 Å². The predicted octanol–water partition coefficient (Wildman–Crippen LogP) is 9.87. The molecule has 0 fully saturated rings. The van der Waals surface area contributed by atoms with Crippen molar-refractivity contribution in [2.75, 3.05) is 0 Å². The van der Waals surface area contributed by atoms with Crippen LogP contribution in [0.4, 0.5) is 0 Å². The highest BCUT2D eigenvalue weighted by atomic mass is 79.9. The summed E-state index contributed by atoms with van der Waals surface area (Å²) in [7, 11) is 0. The SMILES string of the molecule is Brc1ccc(/C=C\Cc2ccc(Sc3ccc(C/C=C\c4ccc(Br)cc4)cc3)cc2)cc1. The highest BCUT2D eigenvalue weighted by molar-refractivity contribution is 9.10. The molecule has 0 heterocycles. The smallest absolute Gasteiger partial charge is 0.0175 e. The summed E-state index contributed by atoms with van der Waals surface area (Å²) in [5, 5.41) is 0. The standard InChI is InChI=1S/C30H24Br2S/c31-27-15-7-23(8-16-27)3-1-5-25-11-19-29(20-12-25)33-30-21-13-26(14-22-30)6-2-4-24-9-17-28(32)18-10-24/h1-4,7-22H,5-6H2/b3-1-,4-2-. The normalized spacial score (nSPS) is 11.5. The van der Waals surface area contributed by atoms with Crippen molar-refractivity contribution < 1.29 is 0 Å². The minimum Gasteiger partial charge on any atom is -0.0901 e. The molecule has 0 spiro atoms. The Kier molecular flexibility index (Phi) is 8.82. The lowest BCUT2D eigenvalue weighted by Gasteiger charge is -2.04. The lowest BCUT2D eigenvalue weighted by molar-refractivity contribution is 1.24. The third-order valence-corrected chi connectivity index (χ3v) is 7.22. The first kappa shape index (κ1) is 23.8. The van der Waals surface area contributed by atoms with Gasteiger partial charge in [-0.25, -0.2) is 0 Å². The van der Waals surface area contributed by atoms with E-state index in [1.54, 1.807) is 11.8 Å². The van der Waals surface area contributed by atoms with Crippen LogP contribution in [0.1, 0.15) is 22.3 Å². The van der Waals surface area contributed by atoms with E-state index < -0.39 is 0 Å². The number of halogens is 2. The van der Waals surface area contributed by atoms with Crippen LogP contribution >= 0.6 is 43.6 Å². The highest BCUT2D eigenvalue weighted by Crippen LogP contribution is 2.28. The first-order valence-electron chi connectivity index (χ1n) is 10.8. The van der Waals surface area contributed by atoms with Crippen molar-refractivity contribution in [2.45, 2.75) is 22.6 Å². The van der Waals surface area contributed by atoms with Gasteiger partial charge in [0.15, 0.2) is 0 Å². The monoisotopic (exact) mass is 574 g/mol. The van der Waals surface area contributed by atoms with Crippen molar-refractivity contribution in [1.29, 1.82) is 0 Å². The molecule has 0 saturated carbocycles. The predicted molar refractivity (Wildman–Crippen MR) is 151 cm³/mol. The third kappa shape index (κ3) is 7.89. The average molecular weight is 576 g/mol. The van der Waals surface area contributed by atoms with Gasteiger partial charge < -0.3 is 0 Å². The molecule has 0 aliphatic rings. The largest absolute Gasteiger partial charge is 0.0901 e. The lowest BCUT2D eigenvalue weighted by atomic mass is 10.1. The third-order valence-electron chi connectivity index (χ3n) is 5.15. The van der Waals surface area contributed by atoms with E-state index in [1.807, 2.05) is 0 Å². The van der Waals surface area contributed by atoms with Gasteiger partial charge in [0.05, 0.1) is 0 Å². The summed E-state index contributed by atoms with van der Waals surface area (Å²) < 4.78 is 2.21. The molecule has 0 bridgehead atoms. The summed E-state index contributed by atoms with van der Waals surface area (Å²) >= 11 is 8.75. The quantitative estimate of drug-likeness (QED) is 0.201. The number of allylic oxidation sites excluding steroid dienone is 2. The Morgan fingerprint density at radius 2 is 0.848 bits per heavy atom. The summed E-state index contributed by atoms with van der Waals surface area (Å²) in [6.07, 6.45) is 10.6. The lowest BCUT2D eigenvalue weighted by Crippen LogP contribution is -1.83. The zero-order valence-corrected chi connectivity index (χ0v) is 22.1. The Bertz CT molecular complexity index is 1110. The van der Waals surface area contributed by atoms with E-state index in [9.17, 15) is 0 Å². The molecule has 0 amide bonds. The molecule has 4 aromatic carbocycles. The molecule has 4 rings (SSSR count). The molecule has 3 heteroatoms. The molecule has 0 radical (unpaired) electrons. The van der Waals surface area contributed by atoms with Crippen LogP contribution in [0.5, 0.6) is 0 Å². The molecule has 164 valence electrons. The molecule has 0 aromatic heterocycles. The second-order valence-corrected chi connectivity index (χ2v) is 10.7. The van der Waals surface area contributed by atoms with Gasteiger partial charge in [-0.1, -0.05) is 116 Å². The van der Waals surface area contributed by atoms with Crippen LogP contribution in [0.15, 0.2) is 128 Å². The van der Waals surface area contributed by atoms with Gasteiger partial charge in [-0.2, -0.15) is 0 Å². The summed E-state index contributed by atoms with van der Waals surface area (Å²) in [5.74, 6) is 0. The van der Waals surface area contributed by atoms with Crippen molar-refractivity contribution >= 4 is 55.8 Å². The van der Waals surface area contributed by atoms with Crippen LogP contribution in [0.2, 0.25) is 0 Å². The molecule has 0 unspecified atom stereocenters. The van der Waals surface area contributed by atoms with Gasteiger partial charge in [-0.3, -0.25) is 0 Å². The van der Waals surface area contributed by atoms with Gasteiger partial charge >= 0.3 is 0 Å². The molecule has 0 saturated heterocycles. The minimum absolute atomic E-state index is 0.934. The summed E-state index contributed by atoms with van der Waals surface area (Å²) in [6.45, 7) is 0. The topological polar surface area (TPSA) is 0 Å². The minimum atomic E-state index is 0.934. The van der Waals surface area contributed by atoms with Crippen LogP contribution in [0.3, 0.4) is 0 Å². The Morgan fingerprint density at radius 1 is 0.485 bits per heavy atom. The van der Waals surface area contributed by atoms with E-state index in [0.717, 1.165) is 21.8 Å². The summed E-state index contributed by atoms with van der Waals surface area (Å²) in [5.41, 5.74) is 5.08. The fourth-order valence-electron chi connectivity index (χ4n) is 3.33. The first-order valence-corrected chi connectivity index (χ1v) is 13.2. The molecule has 0 atom stereocenters. The van der Waals surface area contributed by atoms with E-state index in [4.69, 9.17) is 0 Å². The van der Waals surface area contributed by atoms with Crippen molar-refractivity contribution in [1.82, 2.24) is 0 Å². The zero-order valence-electron chi connectivity index (χ0n) is 18.1. The Labute approximate surface area is 217 Å². The second-order valence-electron chi connectivity index (χ2n) is 7.71. The van der Waals surface area contributed by atoms with E-state index in [-0.39, 0.29) is 0 Å². The van der Waals surface area contributed by atoms with Gasteiger partial charge in [0.2, 0.25) is 0 Å². The maximum atomic E-state index is 3.47. The van der Waals surface area contributed by atoms with Gasteiger partial charge in [0, 0.05) is 18.7 Å². The summed E-state index contributed by atoms with van der Waals surface area (Å²) in [4.78, 5) is 2.53. The molecule has 0 aliphatic heterocycles. The molecule has 0 aliphatic carbocycles. The van der Waals surface area contributed by atoms with Crippen LogP contribution in [-0.4, -0.2) is 0 Å². The van der Waals surface area contributed by atoms with Crippen LogP contribution in [0, 0.1) is 0 Å². The molecule has 33 heavy (non-hydrogen) atoms. The maximum absolute atomic E-state index is 3.47. The van der Waals surface area contributed by atoms with Gasteiger partial charge in [0.25, 0.3) is 0 Å². The number of hydrogen-bond acceptors (Lipinski definition) is 1. The van der Waals surface area contributed by atoms with Crippen molar-refractivity contribution in [2.24, 2.45) is 0 Å². The van der Waals surface area contributed by atoms with Crippen molar-refractivity contribution in [3.05, 3.63) is 140 Å². The van der Waals surface area contributed by atoms with Gasteiger partial charge in [-0.15, -0.1) is 0 Å². The van der Waals surface area contributed by atoms with Crippen LogP contribution in [-0.2, 0) is 12.8 Å². The van der Waals surface area contributed by atoms with Crippen molar-refractivity contribution in [3.63, 3.8) is 0 Å². The zero-order chi connectivity index (χ0) is 22.9. The van der Waals surface area contributed by atoms with E-state index in [0.29, 0.717) is 0 Å².